The predicted molar refractivity (Wildman–Crippen MR) is 139 cm³/mol. The van der Waals surface area contributed by atoms with E-state index in [1.165, 1.54) is 16.7 Å². The van der Waals surface area contributed by atoms with Crippen LogP contribution >= 0.6 is 0 Å². The average molecular weight is 485 g/mol. The fourth-order valence-corrected chi connectivity index (χ4v) is 5.07. The standard InChI is InChI=1S/C29H32N4O3/c1-3-36-29(35)24-9-6-15-33(19-24)28(34)25-17-30-26(22-12-10-20(2)11-13-22)31-27(25)32-16-14-21-7-4-5-8-23(21)18-32/h4-5,7-8,10-13,17,24H,3,6,9,14-16,18-19H2,1-2H3. The first-order valence-corrected chi connectivity index (χ1v) is 12.7. The zero-order chi connectivity index (χ0) is 25.1. The van der Waals surface area contributed by atoms with Gasteiger partial charge in [-0.3, -0.25) is 9.59 Å². The van der Waals surface area contributed by atoms with Crippen molar-refractivity contribution in [2.45, 2.75) is 39.7 Å². The number of ether oxygens (including phenoxy) is 1. The lowest BCUT2D eigenvalue weighted by Crippen LogP contribution is -2.43. The van der Waals surface area contributed by atoms with Crippen LogP contribution in [0.4, 0.5) is 5.82 Å². The molecular formula is C29H32N4O3. The molecule has 5 rings (SSSR count). The number of hydrogen-bond acceptors (Lipinski definition) is 6. The molecular weight excluding hydrogens is 452 g/mol. The lowest BCUT2D eigenvalue weighted by molar-refractivity contribution is -0.149. The highest BCUT2D eigenvalue weighted by Crippen LogP contribution is 2.30. The molecule has 2 aromatic carbocycles. The van der Waals surface area contributed by atoms with Gasteiger partial charge in [0.2, 0.25) is 0 Å². The Morgan fingerprint density at radius 3 is 2.61 bits per heavy atom. The van der Waals surface area contributed by atoms with Crippen molar-refractivity contribution in [3.63, 3.8) is 0 Å². The molecule has 186 valence electrons. The number of anilines is 1. The molecule has 0 radical (unpaired) electrons. The van der Waals surface area contributed by atoms with Gasteiger partial charge in [-0.25, -0.2) is 9.97 Å². The second kappa shape index (κ2) is 10.5. The molecule has 36 heavy (non-hydrogen) atoms. The number of rotatable bonds is 5. The predicted octanol–water partition coefficient (Wildman–Crippen LogP) is 4.43. The lowest BCUT2D eigenvalue weighted by Gasteiger charge is -2.34. The van der Waals surface area contributed by atoms with Gasteiger partial charge in [-0.2, -0.15) is 0 Å². The van der Waals surface area contributed by atoms with Crippen molar-refractivity contribution in [3.8, 4) is 11.4 Å². The van der Waals surface area contributed by atoms with Crippen LogP contribution in [0.15, 0.2) is 54.7 Å². The van der Waals surface area contributed by atoms with Gasteiger partial charge >= 0.3 is 5.97 Å². The van der Waals surface area contributed by atoms with Crippen LogP contribution < -0.4 is 4.90 Å². The summed E-state index contributed by atoms with van der Waals surface area (Å²) in [7, 11) is 0. The van der Waals surface area contributed by atoms with E-state index in [-0.39, 0.29) is 17.8 Å². The number of piperidine rings is 1. The van der Waals surface area contributed by atoms with E-state index in [2.05, 4.69) is 34.1 Å². The van der Waals surface area contributed by atoms with Gasteiger partial charge in [-0.05, 0) is 44.2 Å². The maximum absolute atomic E-state index is 13.8. The first kappa shape index (κ1) is 24.0. The molecule has 0 bridgehead atoms. The number of benzene rings is 2. The van der Waals surface area contributed by atoms with Gasteiger partial charge in [0.15, 0.2) is 5.82 Å². The molecule has 1 saturated heterocycles. The minimum absolute atomic E-state index is 0.131. The number of nitrogens with zero attached hydrogens (tertiary/aromatic N) is 4. The Kier molecular flexibility index (Phi) is 6.98. The van der Waals surface area contributed by atoms with Gasteiger partial charge in [-0.15, -0.1) is 0 Å². The van der Waals surface area contributed by atoms with Crippen molar-refractivity contribution in [1.29, 1.82) is 0 Å². The first-order valence-electron chi connectivity index (χ1n) is 12.7. The van der Waals surface area contributed by atoms with Crippen LogP contribution in [0.25, 0.3) is 11.4 Å². The second-order valence-corrected chi connectivity index (χ2v) is 9.58. The molecule has 1 atom stereocenters. The number of hydrogen-bond donors (Lipinski definition) is 0. The minimum Gasteiger partial charge on any atom is -0.466 e. The van der Waals surface area contributed by atoms with Crippen LogP contribution in [0.5, 0.6) is 0 Å². The fourth-order valence-electron chi connectivity index (χ4n) is 5.07. The summed E-state index contributed by atoms with van der Waals surface area (Å²) in [6.07, 6.45) is 4.06. The Hall–Kier alpha value is -3.74. The third-order valence-corrected chi connectivity index (χ3v) is 7.07. The van der Waals surface area contributed by atoms with Crippen LogP contribution in [0.1, 0.15) is 46.8 Å². The zero-order valence-electron chi connectivity index (χ0n) is 20.9. The third-order valence-electron chi connectivity index (χ3n) is 7.07. The number of aromatic nitrogens is 2. The monoisotopic (exact) mass is 484 g/mol. The molecule has 2 aliphatic rings. The SMILES string of the molecule is CCOC(=O)C1CCCN(C(=O)c2cnc(-c3ccc(C)cc3)nc2N2CCc3ccccc3C2)C1. The summed E-state index contributed by atoms with van der Waals surface area (Å²) < 4.78 is 5.23. The van der Waals surface area contributed by atoms with Crippen molar-refractivity contribution in [2.24, 2.45) is 5.92 Å². The Balaban J connectivity index is 1.49. The van der Waals surface area contributed by atoms with Crippen LogP contribution in [-0.2, 0) is 22.5 Å². The van der Waals surface area contributed by atoms with Crippen molar-refractivity contribution in [1.82, 2.24) is 14.9 Å². The summed E-state index contributed by atoms with van der Waals surface area (Å²) in [5, 5.41) is 0. The molecule has 2 aliphatic heterocycles. The van der Waals surface area contributed by atoms with E-state index >= 15 is 0 Å². The summed E-state index contributed by atoms with van der Waals surface area (Å²) in [6, 6.07) is 16.5. The zero-order valence-corrected chi connectivity index (χ0v) is 20.9. The largest absolute Gasteiger partial charge is 0.466 e. The van der Waals surface area contributed by atoms with Gasteiger partial charge in [0.1, 0.15) is 11.4 Å². The van der Waals surface area contributed by atoms with E-state index in [0.717, 1.165) is 31.4 Å². The molecule has 1 fully saturated rings. The van der Waals surface area contributed by atoms with Gasteiger partial charge in [0.05, 0.1) is 12.5 Å². The number of esters is 1. The molecule has 1 unspecified atom stereocenters. The summed E-state index contributed by atoms with van der Waals surface area (Å²) >= 11 is 0. The summed E-state index contributed by atoms with van der Waals surface area (Å²) in [5.74, 6) is 0.602. The number of fused-ring (bicyclic) bond motifs is 1. The van der Waals surface area contributed by atoms with E-state index in [9.17, 15) is 9.59 Å². The summed E-state index contributed by atoms with van der Waals surface area (Å²) in [6.45, 7) is 6.62. The molecule has 0 aliphatic carbocycles. The molecule has 3 aromatic rings. The molecule has 3 heterocycles. The lowest BCUT2D eigenvalue weighted by atomic mass is 9.97. The summed E-state index contributed by atoms with van der Waals surface area (Å²) in [5.41, 5.74) is 5.15. The Morgan fingerprint density at radius 2 is 1.83 bits per heavy atom. The fraction of sp³-hybridized carbons (Fsp3) is 0.379. The molecule has 0 saturated carbocycles. The second-order valence-electron chi connectivity index (χ2n) is 9.58. The number of amides is 1. The minimum atomic E-state index is -0.291. The van der Waals surface area contributed by atoms with E-state index in [0.29, 0.717) is 43.4 Å². The van der Waals surface area contributed by atoms with Gasteiger partial charge < -0.3 is 14.5 Å². The molecule has 1 aromatic heterocycles. The van der Waals surface area contributed by atoms with Crippen LogP contribution in [0.3, 0.4) is 0 Å². The topological polar surface area (TPSA) is 75.6 Å². The highest BCUT2D eigenvalue weighted by atomic mass is 16.5. The molecule has 0 spiro atoms. The maximum Gasteiger partial charge on any atom is 0.310 e. The Bertz CT molecular complexity index is 1260. The van der Waals surface area contributed by atoms with Crippen LogP contribution in [0, 0.1) is 12.8 Å². The van der Waals surface area contributed by atoms with Crippen LogP contribution in [-0.4, -0.2) is 53.0 Å². The number of carbonyl (C=O) groups is 2. The highest BCUT2D eigenvalue weighted by molar-refractivity contribution is 5.99. The summed E-state index contributed by atoms with van der Waals surface area (Å²) in [4.78, 5) is 39.6. The van der Waals surface area contributed by atoms with E-state index in [1.807, 2.05) is 31.2 Å². The van der Waals surface area contributed by atoms with Gasteiger partial charge in [0.25, 0.3) is 5.91 Å². The molecule has 0 N–H and O–H groups in total. The molecule has 1 amide bonds. The third kappa shape index (κ3) is 4.96. The maximum atomic E-state index is 13.8. The molecule has 7 heteroatoms. The van der Waals surface area contributed by atoms with Gasteiger partial charge in [0, 0.05) is 37.9 Å². The number of aryl methyl sites for hydroxylation is 1. The van der Waals surface area contributed by atoms with Crippen LogP contribution in [0.2, 0.25) is 0 Å². The van der Waals surface area contributed by atoms with E-state index in [1.54, 1.807) is 18.0 Å². The van der Waals surface area contributed by atoms with Crippen molar-refractivity contribution >= 4 is 17.7 Å². The smallest absolute Gasteiger partial charge is 0.310 e. The quantitative estimate of drug-likeness (QED) is 0.499. The normalized spacial score (nSPS) is 17.4. The Morgan fingerprint density at radius 1 is 1.06 bits per heavy atom. The van der Waals surface area contributed by atoms with Crippen molar-refractivity contribution in [2.75, 3.05) is 31.1 Å². The number of likely N-dealkylation sites (tertiary alicyclic amines) is 1. The first-order chi connectivity index (χ1) is 17.5. The van der Waals surface area contributed by atoms with Crippen molar-refractivity contribution in [3.05, 3.63) is 77.0 Å². The van der Waals surface area contributed by atoms with Gasteiger partial charge in [-0.1, -0.05) is 54.1 Å². The highest BCUT2D eigenvalue weighted by Gasteiger charge is 2.32. The van der Waals surface area contributed by atoms with E-state index < -0.39 is 0 Å². The van der Waals surface area contributed by atoms with E-state index in [4.69, 9.17) is 9.72 Å². The molecule has 7 nitrogen and oxygen atoms in total. The Labute approximate surface area is 212 Å². The number of carbonyl (C=O) groups excluding carboxylic acids is 2. The average Bonchev–Trinajstić information content (AvgIpc) is 2.92. The van der Waals surface area contributed by atoms with Crippen molar-refractivity contribution < 1.29 is 14.3 Å².